The molecule has 1 aromatic carbocycles. The largest absolute Gasteiger partial charge is 0.323 e. The van der Waals surface area contributed by atoms with E-state index in [1.165, 1.54) is 6.07 Å². The molecule has 1 amide bonds. The molecule has 88 valence electrons. The molecule has 0 unspecified atom stereocenters. The lowest BCUT2D eigenvalue weighted by atomic mass is 10.2. The van der Waals surface area contributed by atoms with Crippen LogP contribution in [0.25, 0.3) is 0 Å². The minimum atomic E-state index is -0.428. The van der Waals surface area contributed by atoms with Crippen LogP contribution in [-0.2, 0) is 4.79 Å². The zero-order valence-electron chi connectivity index (χ0n) is 8.60. The number of halogens is 3. The number of nitrogens with one attached hydrogen (secondary N) is 1. The Morgan fingerprint density at radius 1 is 1.38 bits per heavy atom. The fourth-order valence-corrected chi connectivity index (χ4v) is 2.04. The number of carbonyl (C=O) groups excluding carboxylic acids is 1. The first-order valence-corrected chi connectivity index (χ1v) is 6.86. The average molecular weight is 353 g/mol. The second-order valence-corrected chi connectivity index (χ2v) is 4.94. The molecule has 0 saturated heterocycles. The van der Waals surface area contributed by atoms with Crippen LogP contribution in [0, 0.1) is 5.82 Å². The van der Waals surface area contributed by atoms with Crippen molar-refractivity contribution in [2.24, 2.45) is 0 Å². The second-order valence-electron chi connectivity index (χ2n) is 3.29. The molecule has 0 heterocycles. The summed E-state index contributed by atoms with van der Waals surface area (Å²) in [5.41, 5.74) is 0.214. The minimum Gasteiger partial charge on any atom is -0.323 e. The summed E-state index contributed by atoms with van der Waals surface area (Å²) in [7, 11) is 0. The molecular weight excluding hydrogens is 341 g/mol. The number of para-hydroxylation sites is 1. The van der Waals surface area contributed by atoms with Gasteiger partial charge in [-0.1, -0.05) is 22.0 Å². The molecule has 0 aromatic heterocycles. The first kappa shape index (κ1) is 13.6. The maximum atomic E-state index is 13.3. The van der Waals surface area contributed by atoms with E-state index in [0.717, 1.165) is 18.2 Å². The molecule has 0 atom stereocenters. The second kappa shape index (κ2) is 7.01. The van der Waals surface area contributed by atoms with Crippen molar-refractivity contribution in [2.75, 3.05) is 10.6 Å². The molecular formula is C11H12Br2FNO. The summed E-state index contributed by atoms with van der Waals surface area (Å²) >= 11 is 6.49. The molecule has 0 aliphatic carbocycles. The minimum absolute atomic E-state index is 0.160. The van der Waals surface area contributed by atoms with Crippen molar-refractivity contribution in [3.63, 3.8) is 0 Å². The Morgan fingerprint density at radius 2 is 2.12 bits per heavy atom. The fraction of sp³-hybridized carbons (Fsp3) is 0.364. The molecule has 16 heavy (non-hydrogen) atoms. The summed E-state index contributed by atoms with van der Waals surface area (Å²) in [6.07, 6.45) is 2.14. The van der Waals surface area contributed by atoms with Crippen LogP contribution in [0.5, 0.6) is 0 Å². The lowest BCUT2D eigenvalue weighted by Crippen LogP contribution is -2.12. The average Bonchev–Trinajstić information content (AvgIpc) is 2.24. The molecule has 2 nitrogen and oxygen atoms in total. The molecule has 1 N–H and O–H groups in total. The van der Waals surface area contributed by atoms with Gasteiger partial charge in [-0.3, -0.25) is 4.79 Å². The smallest absolute Gasteiger partial charge is 0.224 e. The van der Waals surface area contributed by atoms with Crippen LogP contribution in [0.4, 0.5) is 10.1 Å². The van der Waals surface area contributed by atoms with E-state index in [0.29, 0.717) is 10.9 Å². The molecule has 0 bridgehead atoms. The summed E-state index contributed by atoms with van der Waals surface area (Å²) in [6.45, 7) is 0. The number of hydrogen-bond donors (Lipinski definition) is 1. The highest BCUT2D eigenvalue weighted by molar-refractivity contribution is 9.10. The van der Waals surface area contributed by atoms with E-state index in [2.05, 4.69) is 37.2 Å². The molecule has 0 saturated carbocycles. The van der Waals surface area contributed by atoms with Crippen molar-refractivity contribution < 1.29 is 9.18 Å². The van der Waals surface area contributed by atoms with Crippen LogP contribution in [-0.4, -0.2) is 11.2 Å². The number of hydrogen-bond acceptors (Lipinski definition) is 1. The van der Waals surface area contributed by atoms with Gasteiger partial charge in [-0.25, -0.2) is 4.39 Å². The van der Waals surface area contributed by atoms with Crippen molar-refractivity contribution in [1.29, 1.82) is 0 Å². The van der Waals surface area contributed by atoms with Gasteiger partial charge >= 0.3 is 0 Å². The number of unbranched alkanes of at least 4 members (excludes halogenated alkanes) is 1. The summed E-state index contributed by atoms with van der Waals surface area (Å²) in [4.78, 5) is 11.5. The predicted octanol–water partition coefficient (Wildman–Crippen LogP) is 4.09. The highest BCUT2D eigenvalue weighted by Gasteiger charge is 2.09. The Bertz CT molecular complexity index is 351. The fourth-order valence-electron chi connectivity index (χ4n) is 1.20. The van der Waals surface area contributed by atoms with Gasteiger partial charge in [0.2, 0.25) is 5.91 Å². The van der Waals surface area contributed by atoms with Gasteiger partial charge in [-0.2, -0.15) is 0 Å². The van der Waals surface area contributed by atoms with Crippen LogP contribution in [0.2, 0.25) is 0 Å². The SMILES string of the molecule is O=C(CCCCBr)Nc1c(F)cccc1Br. The van der Waals surface area contributed by atoms with Gasteiger partial charge in [0.1, 0.15) is 5.82 Å². The van der Waals surface area contributed by atoms with Crippen molar-refractivity contribution in [3.8, 4) is 0 Å². The van der Waals surface area contributed by atoms with E-state index < -0.39 is 5.82 Å². The number of alkyl halides is 1. The summed E-state index contributed by atoms with van der Waals surface area (Å²) in [5, 5.41) is 3.44. The topological polar surface area (TPSA) is 29.1 Å². The molecule has 0 aliphatic heterocycles. The van der Waals surface area contributed by atoms with Gasteiger partial charge < -0.3 is 5.32 Å². The molecule has 0 radical (unpaired) electrons. The Hall–Kier alpha value is -0.420. The van der Waals surface area contributed by atoms with E-state index >= 15 is 0 Å². The standard InChI is InChI=1S/C11H12Br2FNO/c12-7-2-1-6-10(16)15-11-8(13)4-3-5-9(11)14/h3-5H,1-2,6-7H2,(H,15,16). The number of anilines is 1. The van der Waals surface area contributed by atoms with Crippen LogP contribution < -0.4 is 5.32 Å². The molecule has 5 heteroatoms. The van der Waals surface area contributed by atoms with E-state index in [-0.39, 0.29) is 11.6 Å². The van der Waals surface area contributed by atoms with Crippen molar-refractivity contribution >= 4 is 43.5 Å². The van der Waals surface area contributed by atoms with E-state index in [4.69, 9.17) is 0 Å². The quantitative estimate of drug-likeness (QED) is 0.627. The lowest BCUT2D eigenvalue weighted by Gasteiger charge is -2.07. The summed E-state index contributed by atoms with van der Waals surface area (Å²) in [5.74, 6) is -0.588. The number of carbonyl (C=O) groups is 1. The molecule has 0 fully saturated rings. The Labute approximate surface area is 111 Å². The van der Waals surface area contributed by atoms with Crippen LogP contribution in [0.1, 0.15) is 19.3 Å². The van der Waals surface area contributed by atoms with Gasteiger partial charge in [0.05, 0.1) is 5.69 Å². The van der Waals surface area contributed by atoms with Crippen LogP contribution in [0.3, 0.4) is 0 Å². The summed E-state index contributed by atoms with van der Waals surface area (Å²) in [6, 6.07) is 4.59. The number of amides is 1. The van der Waals surface area contributed by atoms with E-state index in [1.807, 2.05) is 0 Å². The number of benzene rings is 1. The van der Waals surface area contributed by atoms with Crippen LogP contribution in [0.15, 0.2) is 22.7 Å². The Balaban J connectivity index is 2.56. The van der Waals surface area contributed by atoms with E-state index in [1.54, 1.807) is 12.1 Å². The first-order valence-electron chi connectivity index (χ1n) is 4.95. The molecule has 1 aromatic rings. The third-order valence-electron chi connectivity index (χ3n) is 2.01. The van der Waals surface area contributed by atoms with E-state index in [9.17, 15) is 9.18 Å². The third-order valence-corrected chi connectivity index (χ3v) is 3.24. The maximum absolute atomic E-state index is 13.3. The highest BCUT2D eigenvalue weighted by atomic mass is 79.9. The van der Waals surface area contributed by atoms with Gasteiger partial charge in [-0.15, -0.1) is 0 Å². The predicted molar refractivity (Wildman–Crippen MR) is 70.4 cm³/mol. The molecule has 1 rings (SSSR count). The van der Waals surface area contributed by atoms with Gasteiger partial charge in [-0.05, 0) is 40.9 Å². The third kappa shape index (κ3) is 4.22. The monoisotopic (exact) mass is 351 g/mol. The van der Waals surface area contributed by atoms with Crippen molar-refractivity contribution in [1.82, 2.24) is 0 Å². The zero-order chi connectivity index (χ0) is 12.0. The Kier molecular flexibility index (Phi) is 5.98. The Morgan fingerprint density at radius 3 is 2.75 bits per heavy atom. The van der Waals surface area contributed by atoms with Gasteiger partial charge in [0.15, 0.2) is 0 Å². The van der Waals surface area contributed by atoms with Crippen molar-refractivity contribution in [2.45, 2.75) is 19.3 Å². The first-order chi connectivity index (χ1) is 7.65. The molecule has 0 spiro atoms. The molecule has 0 aliphatic rings. The lowest BCUT2D eigenvalue weighted by molar-refractivity contribution is -0.116. The van der Waals surface area contributed by atoms with Gasteiger partial charge in [0.25, 0.3) is 0 Å². The van der Waals surface area contributed by atoms with Crippen LogP contribution >= 0.6 is 31.9 Å². The van der Waals surface area contributed by atoms with Crippen molar-refractivity contribution in [3.05, 3.63) is 28.5 Å². The number of rotatable bonds is 5. The highest BCUT2D eigenvalue weighted by Crippen LogP contribution is 2.25. The summed E-state index contributed by atoms with van der Waals surface area (Å²) < 4.78 is 13.9. The zero-order valence-corrected chi connectivity index (χ0v) is 11.8. The maximum Gasteiger partial charge on any atom is 0.224 e. The normalized spacial score (nSPS) is 10.2. The van der Waals surface area contributed by atoms with Gasteiger partial charge in [0, 0.05) is 16.2 Å².